The first-order valence-electron chi connectivity index (χ1n) is 14.4. The van der Waals surface area contributed by atoms with Gasteiger partial charge in [0.1, 0.15) is 23.4 Å². The Morgan fingerprint density at radius 1 is 0.867 bits per heavy atom. The van der Waals surface area contributed by atoms with E-state index in [4.69, 9.17) is 14.2 Å². The smallest absolute Gasteiger partial charge is 0.339 e. The van der Waals surface area contributed by atoms with Gasteiger partial charge in [0.2, 0.25) is 5.12 Å². The first-order chi connectivity index (χ1) is 21.6. The van der Waals surface area contributed by atoms with Crippen LogP contribution in [0, 0.1) is 5.82 Å². The van der Waals surface area contributed by atoms with Crippen molar-refractivity contribution in [2.45, 2.75) is 56.4 Å². The lowest BCUT2D eigenvalue weighted by molar-refractivity contribution is -0.150. The molecule has 0 heterocycles. The van der Waals surface area contributed by atoms with E-state index in [-0.39, 0.29) is 34.5 Å². The quantitative estimate of drug-likeness (QED) is 0.0912. The topological polar surface area (TPSA) is 96.0 Å². The van der Waals surface area contributed by atoms with Gasteiger partial charge in [-0.25, -0.2) is 14.0 Å². The summed E-state index contributed by atoms with van der Waals surface area (Å²) >= 11 is 0.878. The summed E-state index contributed by atoms with van der Waals surface area (Å²) in [7, 11) is 0. The maximum absolute atomic E-state index is 15.0. The summed E-state index contributed by atoms with van der Waals surface area (Å²) in [5, 5.41) is -0.296. The van der Waals surface area contributed by atoms with Crippen LogP contribution in [-0.2, 0) is 23.9 Å². The Bertz CT molecular complexity index is 1620. The Morgan fingerprint density at radius 3 is 2.11 bits per heavy atom. The molecule has 0 atom stereocenters. The molecule has 0 aromatic heterocycles. The molecule has 0 amide bonds. The van der Waals surface area contributed by atoms with Crippen molar-refractivity contribution in [2.75, 3.05) is 0 Å². The molecule has 0 unspecified atom stereocenters. The fraction of sp³-hybridized carbons (Fsp3) is 0.222. The Kier molecular flexibility index (Phi) is 11.6. The van der Waals surface area contributed by atoms with Crippen LogP contribution < -0.4 is 9.47 Å². The molecule has 7 nitrogen and oxygen atoms in total. The van der Waals surface area contributed by atoms with Crippen LogP contribution in [0.5, 0.6) is 11.5 Å². The van der Waals surface area contributed by atoms with E-state index in [1.807, 2.05) is 0 Å². The number of hydrogen-bond acceptors (Lipinski definition) is 8. The molecule has 0 saturated heterocycles. The second kappa shape index (κ2) is 15.8. The lowest BCUT2D eigenvalue weighted by atomic mass is 9.98. The van der Waals surface area contributed by atoms with Crippen molar-refractivity contribution >= 4 is 40.9 Å². The molecular weight excluding hydrogens is 595 g/mol. The zero-order valence-corrected chi connectivity index (χ0v) is 25.7. The maximum Gasteiger partial charge on any atom is 0.339 e. The van der Waals surface area contributed by atoms with Gasteiger partial charge in [0, 0.05) is 21.6 Å². The van der Waals surface area contributed by atoms with Gasteiger partial charge in [0.05, 0.1) is 6.42 Å². The minimum atomic E-state index is -0.740. The predicted octanol–water partition coefficient (Wildman–Crippen LogP) is 8.03. The largest absolute Gasteiger partial charge is 0.462 e. The first-order valence-corrected chi connectivity index (χ1v) is 15.3. The SMILES string of the molecule is C=C(C)C(=O)Oc1ccc(/C=C/C(=O)Sc2ccc(-c3ccc(OC(=O)C(=C)CC(=O)OC4CCCCC4)cc3)c(F)c2)cc1. The third-order valence-electron chi connectivity index (χ3n) is 6.88. The standard InChI is InChI=1S/C36H33FO7S/c1-23(2)35(40)43-28-14-9-25(10-15-28)11-20-34(39)45-30-18-19-31(32(37)22-30)26-12-16-29(17-13-26)44-36(41)24(3)21-33(38)42-27-7-5-4-6-8-27/h9-20,22,27H,1,3-8,21H2,2H3/b20-11+. The van der Waals surface area contributed by atoms with Crippen molar-refractivity contribution in [1.29, 1.82) is 0 Å². The van der Waals surface area contributed by atoms with Crippen LogP contribution in [0.2, 0.25) is 0 Å². The van der Waals surface area contributed by atoms with E-state index < -0.39 is 23.7 Å². The monoisotopic (exact) mass is 628 g/mol. The number of hydrogen-bond donors (Lipinski definition) is 0. The molecule has 0 aliphatic heterocycles. The van der Waals surface area contributed by atoms with Crippen molar-refractivity contribution < 1.29 is 37.8 Å². The van der Waals surface area contributed by atoms with Crippen LogP contribution in [0.15, 0.2) is 102 Å². The Hall–Kier alpha value is -4.76. The van der Waals surface area contributed by atoms with Crippen LogP contribution in [-0.4, -0.2) is 29.1 Å². The van der Waals surface area contributed by atoms with Gasteiger partial charge in [-0.3, -0.25) is 9.59 Å². The van der Waals surface area contributed by atoms with Gasteiger partial charge in [0.15, 0.2) is 0 Å². The summed E-state index contributed by atoms with van der Waals surface area (Å²) in [5.74, 6) is -1.70. The molecule has 1 saturated carbocycles. The first kappa shape index (κ1) is 33.1. The number of carbonyl (C=O) groups excluding carboxylic acids is 4. The predicted molar refractivity (Wildman–Crippen MR) is 171 cm³/mol. The van der Waals surface area contributed by atoms with Gasteiger partial charge < -0.3 is 14.2 Å². The van der Waals surface area contributed by atoms with Crippen molar-refractivity contribution in [3.05, 3.63) is 108 Å². The number of carbonyl (C=O) groups is 4. The van der Waals surface area contributed by atoms with Crippen LogP contribution in [0.1, 0.15) is 51.0 Å². The van der Waals surface area contributed by atoms with Gasteiger partial charge >= 0.3 is 17.9 Å². The molecule has 3 aromatic carbocycles. The second-order valence-corrected chi connectivity index (χ2v) is 11.7. The summed E-state index contributed by atoms with van der Waals surface area (Å²) in [6.45, 7) is 8.75. The van der Waals surface area contributed by atoms with Crippen molar-refractivity contribution in [2.24, 2.45) is 0 Å². The van der Waals surface area contributed by atoms with Gasteiger partial charge in [-0.2, -0.15) is 0 Å². The molecule has 45 heavy (non-hydrogen) atoms. The average Bonchev–Trinajstić information content (AvgIpc) is 3.01. The molecular formula is C36H33FO7S. The Morgan fingerprint density at radius 2 is 1.49 bits per heavy atom. The molecule has 0 bridgehead atoms. The lowest BCUT2D eigenvalue weighted by Gasteiger charge is -2.21. The lowest BCUT2D eigenvalue weighted by Crippen LogP contribution is -2.22. The minimum absolute atomic E-state index is 0.0112. The maximum atomic E-state index is 15.0. The van der Waals surface area contributed by atoms with Gasteiger partial charge in [-0.15, -0.1) is 0 Å². The number of esters is 3. The summed E-state index contributed by atoms with van der Waals surface area (Å²) in [5.41, 5.74) is 1.85. The molecule has 232 valence electrons. The van der Waals surface area contributed by atoms with Crippen molar-refractivity contribution in [3.63, 3.8) is 0 Å². The normalized spacial score (nSPS) is 13.2. The summed E-state index contributed by atoms with van der Waals surface area (Å²) in [4.78, 5) is 49.1. The van der Waals surface area contributed by atoms with E-state index in [0.717, 1.165) is 49.4 Å². The number of halogens is 1. The summed E-state index contributed by atoms with van der Waals surface area (Å²) < 4.78 is 30.9. The van der Waals surface area contributed by atoms with E-state index in [9.17, 15) is 23.6 Å². The fourth-order valence-corrected chi connectivity index (χ4v) is 5.15. The van der Waals surface area contributed by atoms with Gasteiger partial charge in [-0.05, 0) is 98.0 Å². The van der Waals surface area contributed by atoms with E-state index in [1.54, 1.807) is 61.5 Å². The van der Waals surface area contributed by atoms with Crippen LogP contribution >= 0.6 is 11.8 Å². The van der Waals surface area contributed by atoms with Gasteiger partial charge in [0.25, 0.3) is 0 Å². The number of benzene rings is 3. The number of rotatable bonds is 11. The van der Waals surface area contributed by atoms with E-state index in [1.165, 1.54) is 24.3 Å². The van der Waals surface area contributed by atoms with Crippen LogP contribution in [0.3, 0.4) is 0 Å². The fourth-order valence-electron chi connectivity index (χ4n) is 4.49. The zero-order chi connectivity index (χ0) is 32.3. The van der Waals surface area contributed by atoms with E-state index >= 15 is 0 Å². The molecule has 3 aromatic rings. The second-order valence-electron chi connectivity index (χ2n) is 10.6. The van der Waals surface area contributed by atoms with Gasteiger partial charge in [-0.1, -0.05) is 56.0 Å². The Labute approximate surface area is 265 Å². The molecule has 1 fully saturated rings. The molecule has 9 heteroatoms. The highest BCUT2D eigenvalue weighted by Crippen LogP contribution is 2.30. The summed E-state index contributed by atoms with van der Waals surface area (Å²) in [6.07, 6.45) is 7.49. The molecule has 4 rings (SSSR count). The minimum Gasteiger partial charge on any atom is -0.462 e. The van der Waals surface area contributed by atoms with Crippen molar-refractivity contribution in [1.82, 2.24) is 0 Å². The molecule has 1 aliphatic rings. The number of ether oxygens (including phenoxy) is 3. The highest BCUT2D eigenvalue weighted by atomic mass is 32.2. The third kappa shape index (κ3) is 10.1. The van der Waals surface area contributed by atoms with E-state index in [2.05, 4.69) is 13.2 Å². The Balaban J connectivity index is 1.27. The molecule has 0 radical (unpaired) electrons. The van der Waals surface area contributed by atoms with Crippen LogP contribution in [0.25, 0.3) is 17.2 Å². The third-order valence-corrected chi connectivity index (χ3v) is 7.71. The molecule has 1 aliphatic carbocycles. The van der Waals surface area contributed by atoms with Crippen molar-refractivity contribution in [3.8, 4) is 22.6 Å². The van der Waals surface area contributed by atoms with Crippen LogP contribution in [0.4, 0.5) is 4.39 Å². The van der Waals surface area contributed by atoms with E-state index in [0.29, 0.717) is 21.8 Å². The number of thioether (sulfide) groups is 1. The highest BCUT2D eigenvalue weighted by molar-refractivity contribution is 8.14. The average molecular weight is 629 g/mol. The molecule has 0 spiro atoms. The highest BCUT2D eigenvalue weighted by Gasteiger charge is 2.21. The summed E-state index contributed by atoms with van der Waals surface area (Å²) in [6, 6.07) is 17.3. The molecule has 0 N–H and O–H groups in total. The zero-order valence-electron chi connectivity index (χ0n) is 24.9.